The number of hydrazine groups is 1. The first-order valence-corrected chi connectivity index (χ1v) is 8.63. The van der Waals surface area contributed by atoms with Crippen molar-refractivity contribution in [3.63, 3.8) is 0 Å². The molecular formula is C20H15FN2O2S. The van der Waals surface area contributed by atoms with E-state index in [2.05, 4.69) is 10.9 Å². The third kappa shape index (κ3) is 4.43. The summed E-state index contributed by atoms with van der Waals surface area (Å²) in [6.45, 7) is 0. The van der Waals surface area contributed by atoms with Gasteiger partial charge < -0.3 is 0 Å². The first kappa shape index (κ1) is 17.6. The molecule has 0 aliphatic rings. The number of hydrogen-bond donors (Lipinski definition) is 2. The highest BCUT2D eigenvalue weighted by Crippen LogP contribution is 2.28. The molecule has 3 rings (SSSR count). The zero-order chi connectivity index (χ0) is 18.4. The number of halogens is 1. The molecule has 26 heavy (non-hydrogen) atoms. The number of benzene rings is 2. The predicted octanol–water partition coefficient (Wildman–Crippen LogP) is 4.03. The molecule has 2 amide bonds. The minimum Gasteiger partial charge on any atom is -0.268 e. The Kier molecular flexibility index (Phi) is 5.56. The molecule has 0 fully saturated rings. The average Bonchev–Trinajstić information content (AvgIpc) is 3.14. The standard InChI is InChI=1S/C20H15FN2O2S/c21-17-9-5-4-8-16(17)20(25)23-22-19(24)13-11-15-10-12-18(26-15)14-6-2-1-3-7-14/h1-13H,(H,22,24)(H,23,25)/b13-11+. The van der Waals surface area contributed by atoms with Gasteiger partial charge in [0.15, 0.2) is 0 Å². The summed E-state index contributed by atoms with van der Waals surface area (Å²) in [5, 5.41) is 0. The van der Waals surface area contributed by atoms with E-state index >= 15 is 0 Å². The number of nitrogens with one attached hydrogen (secondary N) is 2. The molecule has 0 spiro atoms. The molecule has 0 saturated carbocycles. The fraction of sp³-hybridized carbons (Fsp3) is 0. The Bertz CT molecular complexity index is 951. The molecule has 0 atom stereocenters. The van der Waals surface area contributed by atoms with Gasteiger partial charge >= 0.3 is 0 Å². The largest absolute Gasteiger partial charge is 0.272 e. The lowest BCUT2D eigenvalue weighted by Gasteiger charge is -2.05. The normalized spacial score (nSPS) is 10.7. The first-order chi connectivity index (χ1) is 12.6. The number of thiophene rings is 1. The summed E-state index contributed by atoms with van der Waals surface area (Å²) >= 11 is 1.55. The second-order valence-electron chi connectivity index (χ2n) is 5.32. The Hall–Kier alpha value is -3.25. The van der Waals surface area contributed by atoms with Crippen molar-refractivity contribution >= 4 is 29.2 Å². The lowest BCUT2D eigenvalue weighted by atomic mass is 10.2. The molecule has 2 aromatic carbocycles. The quantitative estimate of drug-likeness (QED) is 0.541. The van der Waals surface area contributed by atoms with Crippen molar-refractivity contribution in [2.75, 3.05) is 0 Å². The van der Waals surface area contributed by atoms with Gasteiger partial charge in [-0.3, -0.25) is 20.4 Å². The van der Waals surface area contributed by atoms with Gasteiger partial charge in [0, 0.05) is 15.8 Å². The van der Waals surface area contributed by atoms with Crippen molar-refractivity contribution < 1.29 is 14.0 Å². The van der Waals surface area contributed by atoms with Gasteiger partial charge in [-0.2, -0.15) is 0 Å². The number of carbonyl (C=O) groups excluding carboxylic acids is 2. The van der Waals surface area contributed by atoms with Gasteiger partial charge in [-0.1, -0.05) is 42.5 Å². The fourth-order valence-corrected chi connectivity index (χ4v) is 3.15. The highest BCUT2D eigenvalue weighted by Gasteiger charge is 2.10. The van der Waals surface area contributed by atoms with Gasteiger partial charge in [0.2, 0.25) is 0 Å². The van der Waals surface area contributed by atoms with Crippen LogP contribution < -0.4 is 10.9 Å². The average molecular weight is 366 g/mol. The van der Waals surface area contributed by atoms with Gasteiger partial charge in [-0.25, -0.2) is 4.39 Å². The molecule has 0 bridgehead atoms. The maximum absolute atomic E-state index is 13.5. The summed E-state index contributed by atoms with van der Waals surface area (Å²) in [6, 6.07) is 19.4. The summed E-state index contributed by atoms with van der Waals surface area (Å²) in [4.78, 5) is 25.6. The van der Waals surface area contributed by atoms with E-state index in [9.17, 15) is 14.0 Å². The number of amides is 2. The van der Waals surface area contributed by atoms with Crippen LogP contribution in [0.4, 0.5) is 4.39 Å². The minimum atomic E-state index is -0.715. The molecule has 1 aromatic heterocycles. The first-order valence-electron chi connectivity index (χ1n) is 7.81. The van der Waals surface area contributed by atoms with Crippen LogP contribution in [0.15, 0.2) is 72.8 Å². The zero-order valence-electron chi connectivity index (χ0n) is 13.6. The third-order valence-corrected chi connectivity index (χ3v) is 4.60. The number of hydrogen-bond acceptors (Lipinski definition) is 3. The lowest BCUT2D eigenvalue weighted by Crippen LogP contribution is -2.41. The van der Waals surface area contributed by atoms with Crippen LogP contribution in [0.2, 0.25) is 0 Å². The summed E-state index contributed by atoms with van der Waals surface area (Å²) in [5.74, 6) is -1.88. The van der Waals surface area contributed by atoms with E-state index in [1.165, 1.54) is 24.3 Å². The van der Waals surface area contributed by atoms with Crippen molar-refractivity contribution in [2.45, 2.75) is 0 Å². The van der Waals surface area contributed by atoms with Crippen molar-refractivity contribution in [3.05, 3.63) is 89.1 Å². The molecule has 1 heterocycles. The van der Waals surface area contributed by atoms with Gasteiger partial charge in [-0.05, 0) is 35.9 Å². The van der Waals surface area contributed by atoms with Crippen molar-refractivity contribution in [2.24, 2.45) is 0 Å². The molecule has 4 nitrogen and oxygen atoms in total. The van der Waals surface area contributed by atoms with Gasteiger partial charge in [0.1, 0.15) is 5.82 Å². The predicted molar refractivity (Wildman–Crippen MR) is 101 cm³/mol. The maximum Gasteiger partial charge on any atom is 0.272 e. The fourth-order valence-electron chi connectivity index (χ4n) is 2.23. The molecule has 3 aromatic rings. The highest BCUT2D eigenvalue weighted by molar-refractivity contribution is 7.16. The molecule has 0 unspecified atom stereocenters. The van der Waals surface area contributed by atoms with Crippen molar-refractivity contribution in [1.82, 2.24) is 10.9 Å². The van der Waals surface area contributed by atoms with Crippen LogP contribution in [0.1, 0.15) is 15.2 Å². The van der Waals surface area contributed by atoms with Crippen LogP contribution in [0, 0.1) is 5.82 Å². The molecule has 0 saturated heterocycles. The second kappa shape index (κ2) is 8.22. The minimum absolute atomic E-state index is 0.137. The summed E-state index contributed by atoms with van der Waals surface area (Å²) < 4.78 is 13.5. The molecule has 0 aliphatic carbocycles. The van der Waals surface area contributed by atoms with Gasteiger partial charge in [0.25, 0.3) is 11.8 Å². The van der Waals surface area contributed by atoms with Crippen LogP contribution in [0.5, 0.6) is 0 Å². The second-order valence-corrected chi connectivity index (χ2v) is 6.44. The molecular weight excluding hydrogens is 351 g/mol. The number of carbonyl (C=O) groups is 2. The van der Waals surface area contributed by atoms with Gasteiger partial charge in [0.05, 0.1) is 5.56 Å². The van der Waals surface area contributed by atoms with Crippen LogP contribution in [-0.2, 0) is 4.79 Å². The zero-order valence-corrected chi connectivity index (χ0v) is 14.4. The molecule has 130 valence electrons. The highest BCUT2D eigenvalue weighted by atomic mass is 32.1. The Balaban J connectivity index is 1.56. The Morgan fingerprint density at radius 2 is 1.62 bits per heavy atom. The lowest BCUT2D eigenvalue weighted by molar-refractivity contribution is -0.117. The van der Waals surface area contributed by atoms with Crippen LogP contribution >= 0.6 is 11.3 Å². The summed E-state index contributed by atoms with van der Waals surface area (Å²) in [7, 11) is 0. The Morgan fingerprint density at radius 3 is 2.38 bits per heavy atom. The molecule has 0 aliphatic heterocycles. The van der Waals surface area contributed by atoms with Crippen LogP contribution in [0.25, 0.3) is 16.5 Å². The van der Waals surface area contributed by atoms with E-state index in [0.29, 0.717) is 0 Å². The molecule has 2 N–H and O–H groups in total. The van der Waals surface area contributed by atoms with E-state index in [4.69, 9.17) is 0 Å². The van der Waals surface area contributed by atoms with E-state index in [1.807, 2.05) is 42.5 Å². The number of rotatable bonds is 4. The van der Waals surface area contributed by atoms with E-state index in [1.54, 1.807) is 23.5 Å². The smallest absolute Gasteiger partial charge is 0.268 e. The maximum atomic E-state index is 13.5. The topological polar surface area (TPSA) is 58.2 Å². The monoisotopic (exact) mass is 366 g/mol. The summed E-state index contributed by atoms with van der Waals surface area (Å²) in [5.41, 5.74) is 5.38. The SMILES string of the molecule is O=C(/C=C/c1ccc(-c2ccccc2)s1)NNC(=O)c1ccccc1F. The summed E-state index contributed by atoms with van der Waals surface area (Å²) in [6.07, 6.45) is 2.96. The van der Waals surface area contributed by atoms with Crippen LogP contribution in [-0.4, -0.2) is 11.8 Å². The van der Waals surface area contributed by atoms with E-state index < -0.39 is 17.6 Å². The van der Waals surface area contributed by atoms with Crippen LogP contribution in [0.3, 0.4) is 0 Å². The Labute approximate surface area is 154 Å². The van der Waals surface area contributed by atoms with E-state index in [0.717, 1.165) is 15.3 Å². The van der Waals surface area contributed by atoms with Crippen molar-refractivity contribution in [3.8, 4) is 10.4 Å². The molecule has 0 radical (unpaired) electrons. The van der Waals surface area contributed by atoms with Crippen molar-refractivity contribution in [1.29, 1.82) is 0 Å². The Morgan fingerprint density at radius 1 is 0.885 bits per heavy atom. The third-order valence-electron chi connectivity index (χ3n) is 3.50. The van der Waals surface area contributed by atoms with E-state index in [-0.39, 0.29) is 5.56 Å². The molecule has 6 heteroatoms. The van der Waals surface area contributed by atoms with Gasteiger partial charge in [-0.15, -0.1) is 11.3 Å².